The summed E-state index contributed by atoms with van der Waals surface area (Å²) in [4.78, 5) is 0. The van der Waals surface area contributed by atoms with Crippen LogP contribution in [0.15, 0.2) is 18.2 Å². The minimum absolute atomic E-state index is 0.191. The summed E-state index contributed by atoms with van der Waals surface area (Å²) in [5.74, 6) is 0.191. The smallest absolute Gasteiger partial charge is 0.416 e. The second-order valence-electron chi connectivity index (χ2n) is 4.59. The Bertz CT molecular complexity index is 404. The van der Waals surface area contributed by atoms with Gasteiger partial charge in [-0.3, -0.25) is 0 Å². The number of ether oxygens (including phenoxy) is 1. The van der Waals surface area contributed by atoms with Gasteiger partial charge in [-0.05, 0) is 30.2 Å². The van der Waals surface area contributed by atoms with Gasteiger partial charge in [0, 0.05) is 6.04 Å². The van der Waals surface area contributed by atoms with Gasteiger partial charge >= 0.3 is 6.18 Å². The number of benzene rings is 1. The molecule has 0 aliphatic carbocycles. The second kappa shape index (κ2) is 6.80. The first-order chi connectivity index (χ1) is 8.88. The van der Waals surface area contributed by atoms with E-state index in [1.807, 2.05) is 0 Å². The molecule has 1 aromatic carbocycles. The second-order valence-corrected chi connectivity index (χ2v) is 4.59. The molecule has 0 spiro atoms. The van der Waals surface area contributed by atoms with Crippen LogP contribution in [-0.4, -0.2) is 7.11 Å². The first-order valence-electron chi connectivity index (χ1n) is 6.40. The average molecular weight is 275 g/mol. The number of alkyl halides is 3. The van der Waals surface area contributed by atoms with Crippen molar-refractivity contribution in [2.24, 2.45) is 5.73 Å². The largest absolute Gasteiger partial charge is 0.497 e. The number of methoxy groups -OCH3 is 1. The van der Waals surface area contributed by atoms with Crippen LogP contribution in [0.2, 0.25) is 0 Å². The van der Waals surface area contributed by atoms with Gasteiger partial charge in [-0.25, -0.2) is 0 Å². The number of halogens is 3. The molecule has 0 fully saturated rings. The lowest BCUT2D eigenvalue weighted by atomic mass is 9.99. The van der Waals surface area contributed by atoms with Gasteiger partial charge in [0.15, 0.2) is 0 Å². The van der Waals surface area contributed by atoms with Gasteiger partial charge in [-0.1, -0.05) is 26.2 Å². The van der Waals surface area contributed by atoms with E-state index in [0.717, 1.165) is 31.4 Å². The van der Waals surface area contributed by atoms with Crippen molar-refractivity contribution in [1.29, 1.82) is 0 Å². The lowest BCUT2D eigenvalue weighted by Gasteiger charge is -2.16. The molecule has 0 aliphatic heterocycles. The van der Waals surface area contributed by atoms with Gasteiger partial charge in [-0.2, -0.15) is 13.2 Å². The van der Waals surface area contributed by atoms with E-state index in [1.54, 1.807) is 6.07 Å². The lowest BCUT2D eigenvalue weighted by molar-refractivity contribution is -0.137. The molecular formula is C14H20F3NO. The zero-order chi connectivity index (χ0) is 14.5. The lowest BCUT2D eigenvalue weighted by Crippen LogP contribution is -2.13. The third-order valence-corrected chi connectivity index (χ3v) is 3.04. The molecule has 0 aromatic heterocycles. The van der Waals surface area contributed by atoms with Gasteiger partial charge in [0.25, 0.3) is 0 Å². The van der Waals surface area contributed by atoms with Crippen molar-refractivity contribution in [2.45, 2.75) is 44.8 Å². The molecule has 0 bridgehead atoms. The zero-order valence-corrected chi connectivity index (χ0v) is 11.3. The number of hydrogen-bond donors (Lipinski definition) is 1. The minimum atomic E-state index is -4.38. The predicted octanol–water partition coefficient (Wildman–Crippen LogP) is 4.29. The maximum Gasteiger partial charge on any atom is 0.416 e. The Hall–Kier alpha value is -1.23. The van der Waals surface area contributed by atoms with E-state index in [2.05, 4.69) is 6.92 Å². The minimum Gasteiger partial charge on any atom is -0.497 e. The van der Waals surface area contributed by atoms with Crippen LogP contribution in [0.1, 0.15) is 49.8 Å². The van der Waals surface area contributed by atoms with E-state index in [9.17, 15) is 13.2 Å². The Labute approximate surface area is 111 Å². The maximum absolute atomic E-state index is 12.8. The topological polar surface area (TPSA) is 35.2 Å². The molecule has 2 N–H and O–H groups in total. The fraction of sp³-hybridized carbons (Fsp3) is 0.571. The van der Waals surface area contributed by atoms with Gasteiger partial charge in [-0.15, -0.1) is 0 Å². The van der Waals surface area contributed by atoms with Gasteiger partial charge < -0.3 is 10.5 Å². The molecule has 2 nitrogen and oxygen atoms in total. The van der Waals surface area contributed by atoms with E-state index >= 15 is 0 Å². The van der Waals surface area contributed by atoms with Crippen LogP contribution in [0.4, 0.5) is 13.2 Å². The van der Waals surface area contributed by atoms with Crippen molar-refractivity contribution >= 4 is 0 Å². The third kappa shape index (κ3) is 4.74. The summed E-state index contributed by atoms with van der Waals surface area (Å²) >= 11 is 0. The predicted molar refractivity (Wildman–Crippen MR) is 69.1 cm³/mol. The molecule has 5 heteroatoms. The summed E-state index contributed by atoms with van der Waals surface area (Å²) in [5, 5.41) is 0. The van der Waals surface area contributed by atoms with Crippen LogP contribution < -0.4 is 10.5 Å². The normalized spacial score (nSPS) is 13.4. The van der Waals surface area contributed by atoms with Crippen molar-refractivity contribution in [3.8, 4) is 5.75 Å². The van der Waals surface area contributed by atoms with E-state index in [0.29, 0.717) is 12.0 Å². The molecule has 0 saturated carbocycles. The standard InChI is InChI=1S/C14H20F3NO/c1-3-4-5-6-13(18)10-7-11(14(15,16)17)9-12(8-10)19-2/h7-9,13H,3-6,18H2,1-2H3/t13-/m1/s1. The number of unbranched alkanes of at least 4 members (excludes halogenated alkanes) is 2. The molecule has 108 valence electrons. The van der Waals surface area contributed by atoms with E-state index < -0.39 is 11.7 Å². The molecule has 0 amide bonds. The van der Waals surface area contributed by atoms with Crippen LogP contribution in [0.3, 0.4) is 0 Å². The first-order valence-corrected chi connectivity index (χ1v) is 6.40. The molecule has 0 heterocycles. The fourth-order valence-electron chi connectivity index (χ4n) is 1.90. The summed E-state index contributed by atoms with van der Waals surface area (Å²) in [5.41, 5.74) is 5.71. The number of hydrogen-bond acceptors (Lipinski definition) is 2. The quantitative estimate of drug-likeness (QED) is 0.786. The Balaban J connectivity index is 2.93. The van der Waals surface area contributed by atoms with Gasteiger partial charge in [0.05, 0.1) is 12.7 Å². The summed E-state index contributed by atoms with van der Waals surface area (Å²) in [7, 11) is 1.35. The molecule has 19 heavy (non-hydrogen) atoms. The molecule has 0 aliphatic rings. The van der Waals surface area contributed by atoms with Crippen LogP contribution in [0.5, 0.6) is 5.75 Å². The van der Waals surface area contributed by atoms with Gasteiger partial charge in [0.2, 0.25) is 0 Å². The molecule has 0 saturated heterocycles. The molecular weight excluding hydrogens is 255 g/mol. The highest BCUT2D eigenvalue weighted by molar-refractivity contribution is 5.37. The first kappa shape index (κ1) is 15.8. The summed E-state index contributed by atoms with van der Waals surface area (Å²) in [6.07, 6.45) is -0.705. The van der Waals surface area contributed by atoms with Crippen molar-refractivity contribution < 1.29 is 17.9 Å². The Morgan fingerprint density at radius 1 is 1.21 bits per heavy atom. The SMILES string of the molecule is CCCCC[C@@H](N)c1cc(OC)cc(C(F)(F)F)c1. The van der Waals surface area contributed by atoms with Crippen molar-refractivity contribution in [1.82, 2.24) is 0 Å². The monoisotopic (exact) mass is 275 g/mol. The van der Waals surface area contributed by atoms with E-state index in [4.69, 9.17) is 10.5 Å². The molecule has 1 rings (SSSR count). The van der Waals surface area contributed by atoms with Crippen molar-refractivity contribution in [3.63, 3.8) is 0 Å². The Morgan fingerprint density at radius 3 is 2.42 bits per heavy atom. The average Bonchev–Trinajstić information content (AvgIpc) is 2.37. The molecule has 0 unspecified atom stereocenters. The van der Waals surface area contributed by atoms with Crippen molar-refractivity contribution in [2.75, 3.05) is 7.11 Å². The summed E-state index contributed by atoms with van der Waals surface area (Å²) < 4.78 is 43.2. The van der Waals surface area contributed by atoms with Crippen molar-refractivity contribution in [3.05, 3.63) is 29.3 Å². The number of rotatable bonds is 6. The van der Waals surface area contributed by atoms with E-state index in [-0.39, 0.29) is 11.8 Å². The summed E-state index contributed by atoms with van der Waals surface area (Å²) in [6.45, 7) is 2.07. The van der Waals surface area contributed by atoms with E-state index in [1.165, 1.54) is 7.11 Å². The van der Waals surface area contributed by atoms with Crippen LogP contribution in [-0.2, 0) is 6.18 Å². The van der Waals surface area contributed by atoms with Crippen LogP contribution in [0, 0.1) is 0 Å². The Morgan fingerprint density at radius 2 is 1.89 bits per heavy atom. The Kier molecular flexibility index (Phi) is 5.66. The van der Waals surface area contributed by atoms with Crippen LogP contribution in [0.25, 0.3) is 0 Å². The highest BCUT2D eigenvalue weighted by Gasteiger charge is 2.31. The third-order valence-electron chi connectivity index (χ3n) is 3.04. The molecule has 1 atom stereocenters. The number of nitrogens with two attached hydrogens (primary N) is 1. The summed E-state index contributed by atoms with van der Waals surface area (Å²) in [6, 6.07) is 3.29. The van der Waals surface area contributed by atoms with Gasteiger partial charge in [0.1, 0.15) is 5.75 Å². The maximum atomic E-state index is 12.8. The molecule has 1 aromatic rings. The highest BCUT2D eigenvalue weighted by atomic mass is 19.4. The van der Waals surface area contributed by atoms with Crippen LogP contribution >= 0.6 is 0 Å². The molecule has 0 radical (unpaired) electrons. The fourth-order valence-corrected chi connectivity index (χ4v) is 1.90. The highest BCUT2D eigenvalue weighted by Crippen LogP contribution is 2.34. The zero-order valence-electron chi connectivity index (χ0n) is 11.3.